The first kappa shape index (κ1) is 12.8. The van der Waals surface area contributed by atoms with Crippen molar-refractivity contribution >= 4 is 17.5 Å². The van der Waals surface area contributed by atoms with Gasteiger partial charge in [-0.25, -0.2) is 10.4 Å². The molecule has 3 rings (SSSR count). The Morgan fingerprint density at radius 3 is 3.05 bits per heavy atom. The predicted molar refractivity (Wildman–Crippen MR) is 72.0 cm³/mol. The molecule has 0 saturated heterocycles. The van der Waals surface area contributed by atoms with Crippen molar-refractivity contribution in [1.82, 2.24) is 20.3 Å². The van der Waals surface area contributed by atoms with Gasteiger partial charge >= 0.3 is 0 Å². The van der Waals surface area contributed by atoms with E-state index in [1.807, 2.05) is 13.1 Å². The molecule has 0 aliphatic carbocycles. The van der Waals surface area contributed by atoms with Gasteiger partial charge < -0.3 is 9.88 Å². The van der Waals surface area contributed by atoms with Gasteiger partial charge in [-0.05, 0) is 13.3 Å². The third-order valence-electron chi connectivity index (χ3n) is 3.61. The number of hydrogen-bond acceptors (Lipinski definition) is 4. The number of carbonyl (C=O) groups is 2. The quantitative estimate of drug-likeness (QED) is 0.789. The Kier molecular flexibility index (Phi) is 3.25. The third-order valence-corrected chi connectivity index (χ3v) is 3.61. The van der Waals surface area contributed by atoms with Gasteiger partial charge in [0.15, 0.2) is 0 Å². The minimum absolute atomic E-state index is 0.0870. The summed E-state index contributed by atoms with van der Waals surface area (Å²) in [5.74, 6) is 0.753. The van der Waals surface area contributed by atoms with Gasteiger partial charge in [0.25, 0.3) is 5.91 Å². The first-order chi connectivity index (χ1) is 9.61. The van der Waals surface area contributed by atoms with Gasteiger partial charge in [0.1, 0.15) is 11.5 Å². The molecular formula is C13H17N5O2. The summed E-state index contributed by atoms with van der Waals surface area (Å²) in [5, 5.41) is 6.79. The zero-order valence-electron chi connectivity index (χ0n) is 11.3. The van der Waals surface area contributed by atoms with Crippen LogP contribution in [0, 0.1) is 6.92 Å². The van der Waals surface area contributed by atoms with Crippen molar-refractivity contribution in [2.75, 3.05) is 0 Å². The highest BCUT2D eigenvalue weighted by atomic mass is 16.2. The van der Waals surface area contributed by atoms with E-state index < -0.39 is 0 Å². The van der Waals surface area contributed by atoms with Gasteiger partial charge in [-0.1, -0.05) is 0 Å². The summed E-state index contributed by atoms with van der Waals surface area (Å²) >= 11 is 0. The number of amides is 2. The maximum absolute atomic E-state index is 12.1. The summed E-state index contributed by atoms with van der Waals surface area (Å²) in [5.41, 5.74) is 3.75. The van der Waals surface area contributed by atoms with E-state index in [0.29, 0.717) is 18.6 Å². The first-order valence-electron chi connectivity index (χ1n) is 6.81. The van der Waals surface area contributed by atoms with E-state index in [9.17, 15) is 9.59 Å². The fourth-order valence-corrected chi connectivity index (χ4v) is 2.61. The van der Waals surface area contributed by atoms with Crippen molar-refractivity contribution in [2.24, 2.45) is 5.10 Å². The highest BCUT2D eigenvalue weighted by Crippen LogP contribution is 2.15. The van der Waals surface area contributed by atoms with E-state index in [0.717, 1.165) is 30.9 Å². The highest BCUT2D eigenvalue weighted by molar-refractivity contribution is 6.39. The summed E-state index contributed by atoms with van der Waals surface area (Å²) in [6.07, 6.45) is 4.47. The van der Waals surface area contributed by atoms with Gasteiger partial charge in [0.05, 0.1) is 5.69 Å². The predicted octanol–water partition coefficient (Wildman–Crippen LogP) is -0.111. The molecule has 20 heavy (non-hydrogen) atoms. The second-order valence-corrected chi connectivity index (χ2v) is 5.25. The summed E-state index contributed by atoms with van der Waals surface area (Å²) in [7, 11) is 0. The van der Waals surface area contributed by atoms with Crippen LogP contribution in [0.15, 0.2) is 11.3 Å². The molecule has 2 N–H and O–H groups in total. The van der Waals surface area contributed by atoms with Crippen molar-refractivity contribution in [1.29, 1.82) is 0 Å². The lowest BCUT2D eigenvalue weighted by atomic mass is 10.1. The number of rotatable bonds is 2. The lowest BCUT2D eigenvalue weighted by Crippen LogP contribution is -2.45. The summed E-state index contributed by atoms with van der Waals surface area (Å²) in [6.45, 7) is 2.71. The van der Waals surface area contributed by atoms with E-state index in [-0.39, 0.29) is 17.9 Å². The van der Waals surface area contributed by atoms with Crippen LogP contribution in [0.2, 0.25) is 0 Å². The normalized spacial score (nSPS) is 21.8. The Morgan fingerprint density at radius 1 is 1.45 bits per heavy atom. The Balaban J connectivity index is 1.62. The maximum Gasteiger partial charge on any atom is 0.267 e. The van der Waals surface area contributed by atoms with E-state index in [1.54, 1.807) is 0 Å². The zero-order valence-corrected chi connectivity index (χ0v) is 11.3. The molecule has 0 saturated carbocycles. The molecule has 1 atom stereocenters. The van der Waals surface area contributed by atoms with Gasteiger partial charge in [0, 0.05) is 38.0 Å². The third kappa shape index (κ3) is 2.56. The van der Waals surface area contributed by atoms with Gasteiger partial charge in [-0.15, -0.1) is 0 Å². The maximum atomic E-state index is 12.1. The number of aryl methyl sites for hydroxylation is 2. The minimum Gasteiger partial charge on any atom is -0.346 e. The monoisotopic (exact) mass is 275 g/mol. The topological polar surface area (TPSA) is 88.4 Å². The van der Waals surface area contributed by atoms with Crippen molar-refractivity contribution in [3.05, 3.63) is 17.7 Å². The van der Waals surface area contributed by atoms with Crippen LogP contribution < -0.4 is 10.7 Å². The zero-order chi connectivity index (χ0) is 14.1. The van der Waals surface area contributed by atoms with Crippen LogP contribution in [0.25, 0.3) is 0 Å². The molecule has 3 heterocycles. The van der Waals surface area contributed by atoms with Gasteiger partial charge in [0.2, 0.25) is 5.91 Å². The van der Waals surface area contributed by atoms with Crippen LogP contribution in [-0.4, -0.2) is 33.1 Å². The molecule has 0 aromatic carbocycles. The van der Waals surface area contributed by atoms with Crippen molar-refractivity contribution < 1.29 is 9.59 Å². The molecular weight excluding hydrogens is 258 g/mol. The largest absolute Gasteiger partial charge is 0.346 e. The number of carbonyl (C=O) groups excluding carboxylic acids is 2. The second-order valence-electron chi connectivity index (χ2n) is 5.25. The number of hydrazone groups is 1. The molecule has 1 aromatic heterocycles. The number of hydrogen-bond donors (Lipinski definition) is 2. The molecule has 106 valence electrons. The van der Waals surface area contributed by atoms with Gasteiger partial charge in [-0.2, -0.15) is 5.10 Å². The van der Waals surface area contributed by atoms with Crippen LogP contribution in [-0.2, 0) is 22.6 Å². The summed E-state index contributed by atoms with van der Waals surface area (Å²) in [6, 6.07) is 0.0870. The van der Waals surface area contributed by atoms with Crippen LogP contribution in [0.1, 0.15) is 30.8 Å². The van der Waals surface area contributed by atoms with E-state index in [2.05, 4.69) is 25.4 Å². The van der Waals surface area contributed by atoms with E-state index in [4.69, 9.17) is 0 Å². The Bertz CT molecular complexity index is 590. The van der Waals surface area contributed by atoms with Crippen LogP contribution in [0.3, 0.4) is 0 Å². The number of fused-ring (bicyclic) bond motifs is 1. The van der Waals surface area contributed by atoms with Gasteiger partial charge in [-0.3, -0.25) is 9.59 Å². The highest BCUT2D eigenvalue weighted by Gasteiger charge is 2.24. The average Bonchev–Trinajstić information content (AvgIpc) is 2.78. The van der Waals surface area contributed by atoms with Crippen LogP contribution in [0.5, 0.6) is 0 Å². The lowest BCUT2D eigenvalue weighted by molar-refractivity contribution is -0.121. The van der Waals surface area contributed by atoms with Crippen molar-refractivity contribution in [3.8, 4) is 0 Å². The molecule has 0 spiro atoms. The second kappa shape index (κ2) is 5.07. The van der Waals surface area contributed by atoms with Crippen LogP contribution in [0.4, 0.5) is 0 Å². The molecule has 1 aromatic rings. The summed E-state index contributed by atoms with van der Waals surface area (Å²) in [4.78, 5) is 27.5. The molecule has 0 radical (unpaired) electrons. The van der Waals surface area contributed by atoms with E-state index >= 15 is 0 Å². The van der Waals surface area contributed by atoms with Crippen LogP contribution >= 0.6 is 0 Å². The SMILES string of the molecule is Cc1cn2c(n1)CCC(NC(=O)C1=NNC(=O)CC1)C2. The van der Waals surface area contributed by atoms with Crippen molar-refractivity contribution in [2.45, 2.75) is 45.2 Å². The number of imidazole rings is 1. The molecule has 0 bridgehead atoms. The standard InChI is InChI=1S/C13H17N5O2/c1-8-6-18-7-9(2-4-11(18)14-8)15-13(20)10-3-5-12(19)17-16-10/h6,9H,2-5,7H2,1H3,(H,15,20)(H,17,19). The minimum atomic E-state index is -0.185. The molecule has 1 unspecified atom stereocenters. The number of aromatic nitrogens is 2. The molecule has 0 fully saturated rings. The molecule has 2 aliphatic rings. The fraction of sp³-hybridized carbons (Fsp3) is 0.538. The molecule has 2 aliphatic heterocycles. The Hall–Kier alpha value is -2.18. The average molecular weight is 275 g/mol. The van der Waals surface area contributed by atoms with Crippen molar-refractivity contribution in [3.63, 3.8) is 0 Å². The number of nitrogens with one attached hydrogen (secondary N) is 2. The number of nitrogens with zero attached hydrogens (tertiary/aromatic N) is 3. The lowest BCUT2D eigenvalue weighted by Gasteiger charge is -2.25. The summed E-state index contributed by atoms with van der Waals surface area (Å²) < 4.78 is 2.09. The first-order valence-corrected chi connectivity index (χ1v) is 6.81. The molecule has 7 heteroatoms. The molecule has 7 nitrogen and oxygen atoms in total. The Labute approximate surface area is 116 Å². The molecule has 2 amide bonds. The Morgan fingerprint density at radius 2 is 2.30 bits per heavy atom. The smallest absolute Gasteiger partial charge is 0.267 e. The van der Waals surface area contributed by atoms with E-state index in [1.165, 1.54) is 0 Å². The fourth-order valence-electron chi connectivity index (χ4n) is 2.61.